The van der Waals surface area contributed by atoms with Crippen LogP contribution in [0.25, 0.3) is 0 Å². The van der Waals surface area contributed by atoms with Gasteiger partial charge in [-0.25, -0.2) is 0 Å². The maximum Gasteiger partial charge on any atom is 0.00444 e. The molecule has 0 aromatic heterocycles. The molecule has 1 aromatic carbocycles. The number of rotatable bonds is 8. The van der Waals surface area contributed by atoms with E-state index in [-0.39, 0.29) is 0 Å². The van der Waals surface area contributed by atoms with E-state index in [0.717, 1.165) is 6.54 Å². The molecule has 0 bridgehead atoms. The predicted octanol–water partition coefficient (Wildman–Crippen LogP) is 4.52. The Balaban J connectivity index is 2.54. The molecular weight excluding hydrogens is 218 g/mol. The Labute approximate surface area is 113 Å². The molecule has 2 atom stereocenters. The average molecular weight is 247 g/mol. The SMILES string of the molecule is CCCNC(C)CC(C)c1cccc(CCC)c1. The van der Waals surface area contributed by atoms with Crippen LogP contribution in [0.4, 0.5) is 0 Å². The molecule has 0 aliphatic carbocycles. The van der Waals surface area contributed by atoms with Gasteiger partial charge in [0.25, 0.3) is 0 Å². The van der Waals surface area contributed by atoms with E-state index in [0.29, 0.717) is 12.0 Å². The molecule has 0 aliphatic rings. The lowest BCUT2D eigenvalue weighted by Gasteiger charge is -2.19. The first-order chi connectivity index (χ1) is 8.67. The minimum absolute atomic E-state index is 0.606. The first kappa shape index (κ1) is 15.2. The second-order valence-corrected chi connectivity index (χ2v) is 5.49. The Morgan fingerprint density at radius 2 is 1.89 bits per heavy atom. The molecule has 0 fully saturated rings. The molecule has 1 heteroatoms. The highest BCUT2D eigenvalue weighted by Crippen LogP contribution is 2.22. The van der Waals surface area contributed by atoms with Crippen molar-refractivity contribution < 1.29 is 0 Å². The van der Waals surface area contributed by atoms with Crippen LogP contribution in [-0.2, 0) is 6.42 Å². The Kier molecular flexibility index (Phi) is 7.04. The zero-order valence-electron chi connectivity index (χ0n) is 12.5. The van der Waals surface area contributed by atoms with Crippen LogP contribution in [0.5, 0.6) is 0 Å². The maximum atomic E-state index is 3.57. The molecular formula is C17H29N. The van der Waals surface area contributed by atoms with Gasteiger partial charge >= 0.3 is 0 Å². The monoisotopic (exact) mass is 247 g/mol. The van der Waals surface area contributed by atoms with Gasteiger partial charge in [-0.1, -0.05) is 51.5 Å². The van der Waals surface area contributed by atoms with Gasteiger partial charge in [-0.05, 0) is 49.8 Å². The highest BCUT2D eigenvalue weighted by atomic mass is 14.9. The summed E-state index contributed by atoms with van der Waals surface area (Å²) in [6.07, 6.45) is 4.86. The summed E-state index contributed by atoms with van der Waals surface area (Å²) < 4.78 is 0. The van der Waals surface area contributed by atoms with Crippen LogP contribution in [0.3, 0.4) is 0 Å². The summed E-state index contributed by atoms with van der Waals surface area (Å²) in [5.74, 6) is 0.640. The molecule has 1 rings (SSSR count). The second kappa shape index (κ2) is 8.31. The van der Waals surface area contributed by atoms with Crippen LogP contribution in [0.2, 0.25) is 0 Å². The second-order valence-electron chi connectivity index (χ2n) is 5.49. The van der Waals surface area contributed by atoms with Crippen molar-refractivity contribution in [3.05, 3.63) is 35.4 Å². The average Bonchev–Trinajstić information content (AvgIpc) is 2.37. The first-order valence-electron chi connectivity index (χ1n) is 7.49. The topological polar surface area (TPSA) is 12.0 Å². The van der Waals surface area contributed by atoms with E-state index in [1.54, 1.807) is 0 Å². The molecule has 0 amide bonds. The molecule has 0 aliphatic heterocycles. The number of nitrogens with one attached hydrogen (secondary N) is 1. The van der Waals surface area contributed by atoms with E-state index in [4.69, 9.17) is 0 Å². The zero-order chi connectivity index (χ0) is 13.4. The minimum atomic E-state index is 0.606. The predicted molar refractivity (Wildman–Crippen MR) is 81.2 cm³/mol. The van der Waals surface area contributed by atoms with Crippen LogP contribution in [0.1, 0.15) is 64.0 Å². The molecule has 2 unspecified atom stereocenters. The van der Waals surface area contributed by atoms with Gasteiger partial charge in [-0.15, -0.1) is 0 Å². The lowest BCUT2D eigenvalue weighted by molar-refractivity contribution is 0.479. The third-order valence-corrected chi connectivity index (χ3v) is 3.51. The summed E-state index contributed by atoms with van der Waals surface area (Å²) in [4.78, 5) is 0. The summed E-state index contributed by atoms with van der Waals surface area (Å²) in [5, 5.41) is 3.57. The van der Waals surface area contributed by atoms with Gasteiger partial charge in [-0.3, -0.25) is 0 Å². The molecule has 0 saturated carbocycles. The van der Waals surface area contributed by atoms with E-state index in [1.807, 2.05) is 0 Å². The standard InChI is InChI=1S/C17H29N/c1-5-8-16-9-7-10-17(13-16)14(3)12-15(4)18-11-6-2/h7,9-10,13-15,18H,5-6,8,11-12H2,1-4H3. The third-order valence-electron chi connectivity index (χ3n) is 3.51. The zero-order valence-corrected chi connectivity index (χ0v) is 12.5. The number of benzene rings is 1. The number of aryl methyl sites for hydroxylation is 1. The van der Waals surface area contributed by atoms with Crippen molar-refractivity contribution >= 4 is 0 Å². The van der Waals surface area contributed by atoms with E-state index < -0.39 is 0 Å². The Bertz CT molecular complexity index is 332. The normalized spacial score (nSPS) is 14.4. The third kappa shape index (κ3) is 5.22. The van der Waals surface area contributed by atoms with Gasteiger partial charge < -0.3 is 5.32 Å². The van der Waals surface area contributed by atoms with Gasteiger partial charge in [0.15, 0.2) is 0 Å². The van der Waals surface area contributed by atoms with Crippen LogP contribution in [0, 0.1) is 0 Å². The molecule has 1 aromatic rings. The molecule has 18 heavy (non-hydrogen) atoms. The van der Waals surface area contributed by atoms with Crippen LogP contribution >= 0.6 is 0 Å². The van der Waals surface area contributed by atoms with Gasteiger partial charge in [0.05, 0.1) is 0 Å². The van der Waals surface area contributed by atoms with Crippen molar-refractivity contribution in [1.82, 2.24) is 5.32 Å². The van der Waals surface area contributed by atoms with Crippen molar-refractivity contribution in [2.45, 2.75) is 65.3 Å². The molecule has 1 nitrogen and oxygen atoms in total. The Morgan fingerprint density at radius 1 is 1.11 bits per heavy atom. The smallest absolute Gasteiger partial charge is 0.00444 e. The Morgan fingerprint density at radius 3 is 2.56 bits per heavy atom. The Hall–Kier alpha value is -0.820. The van der Waals surface area contributed by atoms with Crippen LogP contribution in [0.15, 0.2) is 24.3 Å². The van der Waals surface area contributed by atoms with Gasteiger partial charge in [-0.2, -0.15) is 0 Å². The largest absolute Gasteiger partial charge is 0.314 e. The molecule has 0 saturated heterocycles. The summed E-state index contributed by atoms with van der Waals surface area (Å²) in [7, 11) is 0. The van der Waals surface area contributed by atoms with Crippen molar-refractivity contribution in [3.63, 3.8) is 0 Å². The molecule has 0 spiro atoms. The number of hydrogen-bond acceptors (Lipinski definition) is 1. The molecule has 1 N–H and O–H groups in total. The van der Waals surface area contributed by atoms with E-state index in [1.165, 1.54) is 36.8 Å². The van der Waals surface area contributed by atoms with Crippen LogP contribution < -0.4 is 5.32 Å². The van der Waals surface area contributed by atoms with Crippen molar-refractivity contribution in [2.75, 3.05) is 6.54 Å². The van der Waals surface area contributed by atoms with Crippen molar-refractivity contribution in [2.24, 2.45) is 0 Å². The fourth-order valence-electron chi connectivity index (χ4n) is 2.48. The van der Waals surface area contributed by atoms with Crippen molar-refractivity contribution in [1.29, 1.82) is 0 Å². The van der Waals surface area contributed by atoms with Crippen LogP contribution in [-0.4, -0.2) is 12.6 Å². The minimum Gasteiger partial charge on any atom is -0.314 e. The lowest BCUT2D eigenvalue weighted by Crippen LogP contribution is -2.28. The fraction of sp³-hybridized carbons (Fsp3) is 0.647. The summed E-state index contributed by atoms with van der Waals surface area (Å²) in [5.41, 5.74) is 2.97. The quantitative estimate of drug-likeness (QED) is 0.712. The summed E-state index contributed by atoms with van der Waals surface area (Å²) in [6.45, 7) is 10.2. The van der Waals surface area contributed by atoms with E-state index >= 15 is 0 Å². The van der Waals surface area contributed by atoms with E-state index in [2.05, 4.69) is 57.3 Å². The lowest BCUT2D eigenvalue weighted by atomic mass is 9.92. The van der Waals surface area contributed by atoms with Crippen molar-refractivity contribution in [3.8, 4) is 0 Å². The van der Waals surface area contributed by atoms with E-state index in [9.17, 15) is 0 Å². The fourth-order valence-corrected chi connectivity index (χ4v) is 2.48. The van der Waals surface area contributed by atoms with Gasteiger partial charge in [0, 0.05) is 6.04 Å². The van der Waals surface area contributed by atoms with Gasteiger partial charge in [0.1, 0.15) is 0 Å². The summed E-state index contributed by atoms with van der Waals surface area (Å²) >= 11 is 0. The van der Waals surface area contributed by atoms with Gasteiger partial charge in [0.2, 0.25) is 0 Å². The highest BCUT2D eigenvalue weighted by Gasteiger charge is 2.10. The first-order valence-corrected chi connectivity index (χ1v) is 7.49. The molecule has 0 radical (unpaired) electrons. The molecule has 102 valence electrons. The highest BCUT2D eigenvalue weighted by molar-refractivity contribution is 5.26. The maximum absolute atomic E-state index is 3.57. The summed E-state index contributed by atoms with van der Waals surface area (Å²) in [6, 6.07) is 9.73. The molecule has 0 heterocycles. The number of hydrogen-bond donors (Lipinski definition) is 1.